The van der Waals surface area contributed by atoms with Crippen LogP contribution in [0.15, 0.2) is 0 Å². The van der Waals surface area contributed by atoms with E-state index >= 15 is 0 Å². The minimum atomic E-state index is 0.327. The molecule has 0 radical (unpaired) electrons. The topological polar surface area (TPSA) is 56.3 Å². The van der Waals surface area contributed by atoms with E-state index in [0.717, 1.165) is 69.1 Å². The van der Waals surface area contributed by atoms with Gasteiger partial charge in [-0.2, -0.15) is 5.10 Å². The maximum atomic E-state index is 6.24. The zero-order valence-electron chi connectivity index (χ0n) is 13.1. The zero-order chi connectivity index (χ0) is 14.5. The Balaban J connectivity index is 2.13. The molecule has 2 heterocycles. The molecule has 0 saturated carbocycles. The Labute approximate surface area is 122 Å². The molecule has 1 atom stereocenters. The molecule has 0 aromatic carbocycles. The number of ether oxygens (including phenoxy) is 1. The smallest absolute Gasteiger partial charge is 0.150 e. The van der Waals surface area contributed by atoms with Crippen LogP contribution in [0.5, 0.6) is 0 Å². The average molecular weight is 280 g/mol. The van der Waals surface area contributed by atoms with Crippen molar-refractivity contribution in [2.24, 2.45) is 0 Å². The molecule has 1 aliphatic heterocycles. The van der Waals surface area contributed by atoms with Gasteiger partial charge in [0.15, 0.2) is 5.82 Å². The molecule has 1 fully saturated rings. The molecule has 0 aliphatic carbocycles. The van der Waals surface area contributed by atoms with E-state index in [1.165, 1.54) is 0 Å². The van der Waals surface area contributed by atoms with Gasteiger partial charge in [-0.1, -0.05) is 13.8 Å². The Bertz CT molecular complexity index is 430. The van der Waals surface area contributed by atoms with Gasteiger partial charge in [-0.3, -0.25) is 0 Å². The third kappa shape index (κ3) is 3.26. The lowest BCUT2D eigenvalue weighted by atomic mass is 10.1. The summed E-state index contributed by atoms with van der Waals surface area (Å²) in [6.07, 6.45) is 4.78. The van der Waals surface area contributed by atoms with E-state index in [0.29, 0.717) is 6.10 Å². The van der Waals surface area contributed by atoms with Gasteiger partial charge in [0, 0.05) is 26.2 Å². The van der Waals surface area contributed by atoms with Crippen molar-refractivity contribution >= 4 is 11.5 Å². The van der Waals surface area contributed by atoms with Crippen LogP contribution in [-0.4, -0.2) is 35.6 Å². The standard InChI is InChI=1S/C15H28N4O/c1-4-8-19-15(14(16)12(3)17-19)18-9-6-7-13(11-18)20-10-5-2/h13H,4-11,16H2,1-3H3. The molecular formula is C15H28N4O. The lowest BCUT2D eigenvalue weighted by Crippen LogP contribution is -2.41. The van der Waals surface area contributed by atoms with Crippen LogP contribution in [0.2, 0.25) is 0 Å². The van der Waals surface area contributed by atoms with Crippen molar-refractivity contribution in [2.45, 2.75) is 59.1 Å². The first-order chi connectivity index (χ1) is 9.67. The summed E-state index contributed by atoms with van der Waals surface area (Å²) in [6, 6.07) is 0. The van der Waals surface area contributed by atoms with Crippen LogP contribution in [0, 0.1) is 6.92 Å². The number of hydrogen-bond acceptors (Lipinski definition) is 4. The second-order valence-electron chi connectivity index (χ2n) is 5.63. The van der Waals surface area contributed by atoms with Crippen LogP contribution < -0.4 is 10.6 Å². The highest BCUT2D eigenvalue weighted by molar-refractivity contribution is 5.66. The lowest BCUT2D eigenvalue weighted by Gasteiger charge is -2.34. The summed E-state index contributed by atoms with van der Waals surface area (Å²) in [6.45, 7) is 10.0. The number of rotatable bonds is 6. The van der Waals surface area contributed by atoms with Crippen molar-refractivity contribution < 1.29 is 4.74 Å². The summed E-state index contributed by atoms with van der Waals surface area (Å²) in [5.41, 5.74) is 8.01. The highest BCUT2D eigenvalue weighted by atomic mass is 16.5. The van der Waals surface area contributed by atoms with Gasteiger partial charge in [-0.25, -0.2) is 4.68 Å². The Hall–Kier alpha value is -1.23. The quantitative estimate of drug-likeness (QED) is 0.870. The predicted molar refractivity (Wildman–Crippen MR) is 83.1 cm³/mol. The second-order valence-corrected chi connectivity index (χ2v) is 5.63. The van der Waals surface area contributed by atoms with Crippen molar-refractivity contribution in [3.05, 3.63) is 5.69 Å². The molecule has 2 rings (SSSR count). The normalized spacial score (nSPS) is 19.6. The molecule has 5 heteroatoms. The van der Waals surface area contributed by atoms with E-state index in [1.807, 2.05) is 6.92 Å². The Morgan fingerprint density at radius 1 is 1.35 bits per heavy atom. The van der Waals surface area contributed by atoms with Gasteiger partial charge in [-0.05, 0) is 32.6 Å². The largest absolute Gasteiger partial charge is 0.394 e. The molecule has 1 aromatic heterocycles. The highest BCUT2D eigenvalue weighted by Crippen LogP contribution is 2.29. The van der Waals surface area contributed by atoms with Crippen LogP contribution in [0.4, 0.5) is 11.5 Å². The lowest BCUT2D eigenvalue weighted by molar-refractivity contribution is 0.0438. The van der Waals surface area contributed by atoms with E-state index in [-0.39, 0.29) is 0 Å². The van der Waals surface area contributed by atoms with Gasteiger partial charge < -0.3 is 15.4 Å². The second kappa shape index (κ2) is 6.97. The molecule has 0 amide bonds. The van der Waals surface area contributed by atoms with E-state index in [4.69, 9.17) is 10.5 Å². The first-order valence-electron chi connectivity index (χ1n) is 7.86. The molecule has 5 nitrogen and oxygen atoms in total. The van der Waals surface area contributed by atoms with Gasteiger partial charge in [-0.15, -0.1) is 0 Å². The molecule has 2 N–H and O–H groups in total. The van der Waals surface area contributed by atoms with Crippen molar-refractivity contribution in [3.63, 3.8) is 0 Å². The molecule has 1 aliphatic rings. The number of hydrogen-bond donors (Lipinski definition) is 1. The molecule has 114 valence electrons. The SMILES string of the molecule is CCCOC1CCCN(c2c(N)c(C)nn2CCC)C1. The molecule has 1 aromatic rings. The number of aryl methyl sites for hydroxylation is 2. The third-order valence-corrected chi connectivity index (χ3v) is 3.82. The molecular weight excluding hydrogens is 252 g/mol. The van der Waals surface area contributed by atoms with Crippen LogP contribution in [-0.2, 0) is 11.3 Å². The van der Waals surface area contributed by atoms with E-state index in [1.54, 1.807) is 0 Å². The zero-order valence-corrected chi connectivity index (χ0v) is 13.1. The molecule has 20 heavy (non-hydrogen) atoms. The predicted octanol–water partition coefficient (Wildman–Crippen LogP) is 2.58. The van der Waals surface area contributed by atoms with Crippen LogP contribution in [0.25, 0.3) is 0 Å². The number of piperidine rings is 1. The summed E-state index contributed by atoms with van der Waals surface area (Å²) in [7, 11) is 0. The molecule has 1 saturated heterocycles. The van der Waals surface area contributed by atoms with Gasteiger partial charge in [0.1, 0.15) is 0 Å². The maximum Gasteiger partial charge on any atom is 0.150 e. The molecule has 0 bridgehead atoms. The van der Waals surface area contributed by atoms with Crippen molar-refractivity contribution in [2.75, 3.05) is 30.3 Å². The van der Waals surface area contributed by atoms with Gasteiger partial charge in [0.25, 0.3) is 0 Å². The molecule has 0 spiro atoms. The molecule has 1 unspecified atom stereocenters. The first-order valence-corrected chi connectivity index (χ1v) is 7.86. The van der Waals surface area contributed by atoms with E-state index in [9.17, 15) is 0 Å². The Kier molecular flexibility index (Phi) is 5.29. The number of nitrogens with zero attached hydrogens (tertiary/aromatic N) is 3. The fourth-order valence-electron chi connectivity index (χ4n) is 2.84. The fraction of sp³-hybridized carbons (Fsp3) is 0.800. The average Bonchev–Trinajstić information content (AvgIpc) is 2.72. The Morgan fingerprint density at radius 2 is 2.15 bits per heavy atom. The minimum absolute atomic E-state index is 0.327. The van der Waals surface area contributed by atoms with Gasteiger partial charge >= 0.3 is 0 Å². The first kappa shape index (κ1) is 15.2. The van der Waals surface area contributed by atoms with E-state index < -0.39 is 0 Å². The minimum Gasteiger partial charge on any atom is -0.394 e. The maximum absolute atomic E-state index is 6.24. The van der Waals surface area contributed by atoms with Gasteiger partial charge in [0.2, 0.25) is 0 Å². The van der Waals surface area contributed by atoms with E-state index in [2.05, 4.69) is 28.5 Å². The van der Waals surface area contributed by atoms with Crippen LogP contribution in [0.3, 0.4) is 0 Å². The number of nitrogens with two attached hydrogens (primary N) is 1. The Morgan fingerprint density at radius 3 is 2.85 bits per heavy atom. The number of nitrogen functional groups attached to an aromatic ring is 1. The number of aromatic nitrogens is 2. The summed E-state index contributed by atoms with van der Waals surface area (Å²) in [5, 5.41) is 4.57. The monoisotopic (exact) mass is 280 g/mol. The summed E-state index contributed by atoms with van der Waals surface area (Å²) in [5.74, 6) is 1.09. The van der Waals surface area contributed by atoms with Gasteiger partial charge in [0.05, 0.1) is 17.5 Å². The third-order valence-electron chi connectivity index (χ3n) is 3.82. The summed E-state index contributed by atoms with van der Waals surface area (Å²) >= 11 is 0. The van der Waals surface area contributed by atoms with Crippen molar-refractivity contribution in [1.82, 2.24) is 9.78 Å². The van der Waals surface area contributed by atoms with Crippen LogP contribution >= 0.6 is 0 Å². The fourth-order valence-corrected chi connectivity index (χ4v) is 2.84. The van der Waals surface area contributed by atoms with Crippen LogP contribution in [0.1, 0.15) is 45.2 Å². The van der Waals surface area contributed by atoms with Crippen molar-refractivity contribution in [3.8, 4) is 0 Å². The highest BCUT2D eigenvalue weighted by Gasteiger charge is 2.25. The summed E-state index contributed by atoms with van der Waals surface area (Å²) in [4.78, 5) is 2.36. The summed E-state index contributed by atoms with van der Waals surface area (Å²) < 4.78 is 7.98. The van der Waals surface area contributed by atoms with Crippen molar-refractivity contribution in [1.29, 1.82) is 0 Å². The number of anilines is 2.